The molecule has 4 nitrogen and oxygen atoms in total. The Labute approximate surface area is 116 Å². The third-order valence-corrected chi connectivity index (χ3v) is 3.05. The maximum absolute atomic E-state index is 10.7. The summed E-state index contributed by atoms with van der Waals surface area (Å²) >= 11 is 12.0. The van der Waals surface area contributed by atoms with Gasteiger partial charge < -0.3 is 5.32 Å². The molecule has 1 unspecified atom stereocenters. The molecule has 0 aromatic heterocycles. The molecule has 1 atom stereocenters. The normalized spacial score (nSPS) is 12.6. The van der Waals surface area contributed by atoms with E-state index in [2.05, 4.69) is 19.2 Å². The van der Waals surface area contributed by atoms with Crippen LogP contribution >= 0.6 is 23.2 Å². The molecule has 1 N–H and O–H groups in total. The van der Waals surface area contributed by atoms with E-state index in [4.69, 9.17) is 23.2 Å². The van der Waals surface area contributed by atoms with Crippen LogP contribution in [0.1, 0.15) is 27.2 Å². The summed E-state index contributed by atoms with van der Waals surface area (Å²) in [5.41, 5.74) is 0.448. The number of rotatable bonds is 5. The summed E-state index contributed by atoms with van der Waals surface area (Å²) in [6.45, 7) is 6.27. The Morgan fingerprint density at radius 3 is 2.17 bits per heavy atom. The number of nitrogens with one attached hydrogen (secondary N) is 1. The Kier molecular flexibility index (Phi) is 5.23. The monoisotopic (exact) mass is 290 g/mol. The summed E-state index contributed by atoms with van der Waals surface area (Å²) in [6, 6.07) is 2.80. The largest absolute Gasteiger partial charge is 0.380 e. The summed E-state index contributed by atoms with van der Waals surface area (Å²) < 4.78 is 0. The number of nitro benzene ring substituents is 1. The lowest BCUT2D eigenvalue weighted by atomic mass is 10.1. The number of anilines is 1. The molecular formula is C12H16Cl2N2O2. The summed E-state index contributed by atoms with van der Waals surface area (Å²) in [7, 11) is 0. The first-order chi connectivity index (χ1) is 8.31. The van der Waals surface area contributed by atoms with Crippen LogP contribution in [0.3, 0.4) is 0 Å². The third kappa shape index (κ3) is 4.03. The molecule has 0 amide bonds. The van der Waals surface area contributed by atoms with Gasteiger partial charge in [-0.05, 0) is 19.3 Å². The Bertz CT molecular complexity index is 427. The molecule has 1 aromatic carbocycles. The maximum atomic E-state index is 10.7. The second kappa shape index (κ2) is 6.25. The van der Waals surface area contributed by atoms with Crippen LogP contribution in [0.25, 0.3) is 0 Å². The average Bonchev–Trinajstić information content (AvgIpc) is 2.21. The van der Waals surface area contributed by atoms with Crippen molar-refractivity contribution in [2.75, 3.05) is 5.32 Å². The van der Waals surface area contributed by atoms with Crippen LogP contribution in [0.4, 0.5) is 11.4 Å². The van der Waals surface area contributed by atoms with Crippen LogP contribution in [-0.2, 0) is 0 Å². The lowest BCUT2D eigenvalue weighted by Crippen LogP contribution is -2.18. The second-order valence-electron chi connectivity index (χ2n) is 4.72. The first-order valence-electron chi connectivity index (χ1n) is 5.71. The lowest BCUT2D eigenvalue weighted by molar-refractivity contribution is -0.384. The van der Waals surface area contributed by atoms with Gasteiger partial charge in [0.1, 0.15) is 0 Å². The van der Waals surface area contributed by atoms with Crippen LogP contribution in [0.2, 0.25) is 10.0 Å². The highest BCUT2D eigenvalue weighted by atomic mass is 35.5. The molecular weight excluding hydrogens is 275 g/mol. The average molecular weight is 291 g/mol. The van der Waals surface area contributed by atoms with Gasteiger partial charge in [-0.1, -0.05) is 37.0 Å². The van der Waals surface area contributed by atoms with E-state index in [-0.39, 0.29) is 21.8 Å². The number of hydrogen-bond donors (Lipinski definition) is 1. The SMILES string of the molecule is CC(C)CC(C)Nc1c(Cl)cc([N+](=O)[O-])cc1Cl. The molecule has 1 aromatic rings. The molecule has 1 rings (SSSR count). The van der Waals surface area contributed by atoms with E-state index < -0.39 is 4.92 Å². The van der Waals surface area contributed by atoms with Gasteiger partial charge in [0.2, 0.25) is 0 Å². The van der Waals surface area contributed by atoms with E-state index in [9.17, 15) is 10.1 Å². The molecule has 0 radical (unpaired) electrons. The predicted molar refractivity (Wildman–Crippen MR) is 75.7 cm³/mol. The third-order valence-electron chi connectivity index (χ3n) is 2.45. The number of nitro groups is 1. The standard InChI is InChI=1S/C12H16Cl2N2O2/c1-7(2)4-8(3)15-12-10(13)5-9(16(17)18)6-11(12)14/h5-8,15H,4H2,1-3H3. The van der Waals surface area contributed by atoms with Crippen LogP contribution in [0.5, 0.6) is 0 Å². The van der Waals surface area contributed by atoms with Crippen molar-refractivity contribution in [3.8, 4) is 0 Å². The molecule has 18 heavy (non-hydrogen) atoms. The van der Waals surface area contributed by atoms with E-state index in [1.807, 2.05) is 6.92 Å². The molecule has 6 heteroatoms. The van der Waals surface area contributed by atoms with Crippen LogP contribution < -0.4 is 5.32 Å². The number of halogens is 2. The number of hydrogen-bond acceptors (Lipinski definition) is 3. The molecule has 0 fully saturated rings. The van der Waals surface area contributed by atoms with Gasteiger partial charge in [-0.15, -0.1) is 0 Å². The van der Waals surface area contributed by atoms with E-state index in [0.717, 1.165) is 6.42 Å². The van der Waals surface area contributed by atoms with Gasteiger partial charge in [-0.25, -0.2) is 0 Å². The fraction of sp³-hybridized carbons (Fsp3) is 0.500. The predicted octanol–water partition coefficient (Wildman–Crippen LogP) is 4.75. The van der Waals surface area contributed by atoms with Crippen molar-refractivity contribution in [3.63, 3.8) is 0 Å². The fourth-order valence-corrected chi connectivity index (χ4v) is 2.40. The smallest absolute Gasteiger partial charge is 0.272 e. The van der Waals surface area contributed by atoms with Gasteiger partial charge in [0.25, 0.3) is 5.69 Å². The van der Waals surface area contributed by atoms with Gasteiger partial charge in [-0.3, -0.25) is 10.1 Å². The highest BCUT2D eigenvalue weighted by molar-refractivity contribution is 6.39. The first-order valence-corrected chi connectivity index (χ1v) is 6.46. The van der Waals surface area contributed by atoms with Crippen LogP contribution in [0, 0.1) is 16.0 Å². The van der Waals surface area contributed by atoms with Crippen molar-refractivity contribution in [2.24, 2.45) is 5.92 Å². The minimum Gasteiger partial charge on any atom is -0.380 e. The molecule has 0 saturated heterocycles. The van der Waals surface area contributed by atoms with Crippen LogP contribution in [-0.4, -0.2) is 11.0 Å². The molecule has 0 aliphatic rings. The van der Waals surface area contributed by atoms with Gasteiger partial charge >= 0.3 is 0 Å². The van der Waals surface area contributed by atoms with Crippen LogP contribution in [0.15, 0.2) is 12.1 Å². The minimum atomic E-state index is -0.515. The Hall–Kier alpha value is -1.00. The zero-order valence-electron chi connectivity index (χ0n) is 10.5. The molecule has 100 valence electrons. The molecule has 0 spiro atoms. The molecule has 0 heterocycles. The zero-order valence-corrected chi connectivity index (χ0v) is 12.0. The first kappa shape index (κ1) is 15.1. The van der Waals surface area contributed by atoms with E-state index in [1.165, 1.54) is 12.1 Å². The summed E-state index contributed by atoms with van der Waals surface area (Å²) in [4.78, 5) is 10.1. The van der Waals surface area contributed by atoms with E-state index in [0.29, 0.717) is 11.6 Å². The van der Waals surface area contributed by atoms with E-state index >= 15 is 0 Å². The lowest BCUT2D eigenvalue weighted by Gasteiger charge is -2.19. The van der Waals surface area contributed by atoms with Gasteiger partial charge in [0.15, 0.2) is 0 Å². The Morgan fingerprint density at radius 2 is 1.78 bits per heavy atom. The summed E-state index contributed by atoms with van der Waals surface area (Å²) in [5, 5.41) is 14.4. The van der Waals surface area contributed by atoms with E-state index in [1.54, 1.807) is 0 Å². The number of nitrogens with zero attached hydrogens (tertiary/aromatic N) is 1. The highest BCUT2D eigenvalue weighted by Crippen LogP contribution is 2.35. The molecule has 0 bridgehead atoms. The number of benzene rings is 1. The number of non-ortho nitro benzene ring substituents is 1. The van der Waals surface area contributed by atoms with Gasteiger partial charge in [-0.2, -0.15) is 0 Å². The summed E-state index contributed by atoms with van der Waals surface area (Å²) in [5.74, 6) is 0.545. The minimum absolute atomic E-state index is 0.105. The Morgan fingerprint density at radius 1 is 1.28 bits per heavy atom. The second-order valence-corrected chi connectivity index (χ2v) is 5.53. The quantitative estimate of drug-likeness (QED) is 0.629. The molecule has 0 aliphatic carbocycles. The zero-order chi connectivity index (χ0) is 13.9. The fourth-order valence-electron chi connectivity index (χ4n) is 1.82. The van der Waals surface area contributed by atoms with Crippen molar-refractivity contribution >= 4 is 34.6 Å². The van der Waals surface area contributed by atoms with Gasteiger partial charge in [0.05, 0.1) is 20.7 Å². The molecule has 0 aliphatic heterocycles. The van der Waals surface area contributed by atoms with Crippen molar-refractivity contribution in [1.82, 2.24) is 0 Å². The van der Waals surface area contributed by atoms with Crippen molar-refractivity contribution in [2.45, 2.75) is 33.2 Å². The Balaban J connectivity index is 2.93. The van der Waals surface area contributed by atoms with Gasteiger partial charge in [0, 0.05) is 18.2 Å². The topological polar surface area (TPSA) is 55.2 Å². The molecule has 0 saturated carbocycles. The highest BCUT2D eigenvalue weighted by Gasteiger charge is 2.16. The van der Waals surface area contributed by atoms with Crippen molar-refractivity contribution < 1.29 is 4.92 Å². The van der Waals surface area contributed by atoms with Crippen molar-refractivity contribution in [3.05, 3.63) is 32.3 Å². The maximum Gasteiger partial charge on any atom is 0.272 e. The summed E-state index contributed by atoms with van der Waals surface area (Å²) in [6.07, 6.45) is 0.962. The van der Waals surface area contributed by atoms with Crippen molar-refractivity contribution in [1.29, 1.82) is 0 Å².